The molecule has 8 aromatic carbocycles. The van der Waals surface area contributed by atoms with Gasteiger partial charge in [-0.1, -0.05) is 161 Å². The molecule has 0 radical (unpaired) electrons. The fourth-order valence-electron chi connectivity index (χ4n) is 9.04. The predicted octanol–water partition coefficient (Wildman–Crippen LogP) is 12.5. The molecule has 10 rings (SSSR count). The monoisotopic (exact) mass is 1120 g/mol. The molecule has 0 atom stereocenters. The van der Waals surface area contributed by atoms with Crippen molar-refractivity contribution < 1.29 is 44.8 Å². The van der Waals surface area contributed by atoms with E-state index in [0.717, 1.165) is 11.1 Å². The van der Waals surface area contributed by atoms with E-state index in [1.807, 2.05) is 12.1 Å². The molecule has 2 aliphatic rings. The summed E-state index contributed by atoms with van der Waals surface area (Å²) >= 11 is 0. The van der Waals surface area contributed by atoms with Crippen molar-refractivity contribution in [1.82, 2.24) is 0 Å². The second-order valence-corrected chi connectivity index (χ2v) is 22.3. The number of hydrogen-bond acceptors (Lipinski definition) is 0. The molecular formula is C59H50AgAuP2+2. The van der Waals surface area contributed by atoms with Crippen molar-refractivity contribution in [2.75, 3.05) is 5.90 Å². The summed E-state index contributed by atoms with van der Waals surface area (Å²) in [5.74, 6) is 6.19. The van der Waals surface area contributed by atoms with Gasteiger partial charge in [-0.25, -0.2) is 0 Å². The summed E-state index contributed by atoms with van der Waals surface area (Å²) in [6, 6.07) is 73.9. The molecule has 0 bridgehead atoms. The molecule has 0 N–H and O–H groups in total. The third kappa shape index (κ3) is 10.1. The second-order valence-electron chi connectivity index (χ2n) is 16.7. The Morgan fingerprint density at radius 3 is 0.937 bits per heavy atom. The normalized spacial score (nSPS) is 12.8. The molecule has 0 spiro atoms. The molecule has 0 aromatic heterocycles. The van der Waals surface area contributed by atoms with E-state index in [9.17, 15) is 0 Å². The first-order chi connectivity index (χ1) is 29.7. The first-order valence-electron chi connectivity index (χ1n) is 21.0. The molecule has 8 aromatic rings. The van der Waals surface area contributed by atoms with Crippen molar-refractivity contribution in [3.05, 3.63) is 252 Å². The maximum Gasteiger partial charge on any atom is 1.00 e. The average molecular weight is 1130 g/mol. The van der Waals surface area contributed by atoms with Crippen LogP contribution in [0.1, 0.15) is 61.1 Å². The van der Waals surface area contributed by atoms with Crippen LogP contribution in [0.2, 0.25) is 0 Å². The Balaban J connectivity index is 0.000000161. The summed E-state index contributed by atoms with van der Waals surface area (Å²) in [5.41, 5.74) is 12.3. The summed E-state index contributed by atoms with van der Waals surface area (Å²) in [6.45, 7) is 8.97. The number of rotatable bonds is 6. The summed E-state index contributed by atoms with van der Waals surface area (Å²) in [4.78, 5) is 0. The maximum absolute atomic E-state index is 7.25. The second kappa shape index (κ2) is 21.3. The fourth-order valence-corrected chi connectivity index (χ4v) is 16.8. The van der Waals surface area contributed by atoms with E-state index in [2.05, 4.69) is 234 Å². The van der Waals surface area contributed by atoms with Gasteiger partial charge >= 0.3 is 44.8 Å². The van der Waals surface area contributed by atoms with Crippen molar-refractivity contribution >= 4 is 37.1 Å². The van der Waals surface area contributed by atoms with E-state index < -0.39 is 15.8 Å². The van der Waals surface area contributed by atoms with E-state index in [1.165, 1.54) is 71.6 Å². The molecule has 0 unspecified atom stereocenters. The van der Waals surface area contributed by atoms with E-state index in [4.69, 9.17) is 12.8 Å². The first-order valence-corrected chi connectivity index (χ1v) is 24.4. The van der Waals surface area contributed by atoms with Gasteiger partial charge in [0.15, 0.2) is 5.90 Å². The zero-order chi connectivity index (χ0) is 42.4. The number of hydrogen-bond donors (Lipinski definition) is 0. The molecule has 0 saturated carbocycles. The molecule has 0 saturated heterocycles. The zero-order valence-electron chi connectivity index (χ0n) is 35.9. The van der Waals surface area contributed by atoms with Crippen LogP contribution in [-0.4, -0.2) is 5.90 Å². The van der Waals surface area contributed by atoms with Crippen LogP contribution in [0.4, 0.5) is 0 Å². The van der Waals surface area contributed by atoms with Gasteiger partial charge < -0.3 is 12.8 Å². The third-order valence-electron chi connectivity index (χ3n) is 12.3. The van der Waals surface area contributed by atoms with Crippen LogP contribution in [0.5, 0.6) is 0 Å². The van der Waals surface area contributed by atoms with Crippen LogP contribution >= 0.6 is 15.8 Å². The molecule has 4 heteroatoms. The van der Waals surface area contributed by atoms with Crippen molar-refractivity contribution in [1.29, 1.82) is 0 Å². The van der Waals surface area contributed by atoms with E-state index in [0.29, 0.717) is 0 Å². The summed E-state index contributed by atoms with van der Waals surface area (Å²) in [5, 5.41) is 6.01. The molecule has 0 aliphatic heterocycles. The van der Waals surface area contributed by atoms with Crippen LogP contribution in [0.3, 0.4) is 0 Å². The van der Waals surface area contributed by atoms with Crippen molar-refractivity contribution in [2.24, 2.45) is 0 Å². The van der Waals surface area contributed by atoms with Crippen molar-refractivity contribution in [3.63, 3.8) is 0 Å². The molecule has 0 fully saturated rings. The predicted molar refractivity (Wildman–Crippen MR) is 266 cm³/mol. The summed E-state index contributed by atoms with van der Waals surface area (Å²) < 4.78 is 0. The minimum atomic E-state index is -0.847. The Morgan fingerprint density at radius 2 is 0.635 bits per heavy atom. The van der Waals surface area contributed by atoms with Crippen LogP contribution < -0.4 is 21.2 Å². The van der Waals surface area contributed by atoms with Crippen LogP contribution in [0.25, 0.3) is 22.3 Å². The quantitative estimate of drug-likeness (QED) is 0.0674. The van der Waals surface area contributed by atoms with Crippen molar-refractivity contribution in [2.45, 2.75) is 38.5 Å². The van der Waals surface area contributed by atoms with Crippen molar-refractivity contribution in [3.8, 4) is 34.1 Å². The molecule has 0 nitrogen and oxygen atoms in total. The first kappa shape index (κ1) is 47.7. The maximum atomic E-state index is 7.25. The largest absolute Gasteiger partial charge is 1.00 e. The standard InChI is InChI=1S/C25H22P2.2C17H13.Ag.Au/c1-5-13-22(14-6-1)26(23-15-7-2-8-16-23)21-27(24-17-9-3-10-18-24)25-19-11-4-12-20-25;2*1-4-12-9-10-14-13-7-5-6-8-15(13)17(2,3)16(14)11-12;;/h1-20H,21H2;2*5-11H,2-3H3;;/q;2*-1;2*+1/p+2. The Kier molecular flexibility index (Phi) is 16.1. The van der Waals surface area contributed by atoms with Gasteiger partial charge in [0.05, 0.1) is 0 Å². The average Bonchev–Trinajstić information content (AvgIpc) is 3.69. The topological polar surface area (TPSA) is 0 Å². The van der Waals surface area contributed by atoms with E-state index >= 15 is 0 Å². The Hall–Kier alpha value is -4.78. The van der Waals surface area contributed by atoms with Gasteiger partial charge in [0.1, 0.15) is 37.1 Å². The van der Waals surface area contributed by atoms with E-state index in [1.54, 1.807) is 0 Å². The SMILES string of the molecule is [Ag+].[Au+].[C-]#Cc1ccc2c(c1)C(C)(C)c1ccccc1-2.[C-]#Cc1ccc2c(c1)C(C)(C)c1ccccc1-2.c1ccc([PH+](C[PH+](c2ccccc2)c2ccccc2)c2ccccc2)cc1. The van der Waals surface area contributed by atoms with Gasteiger partial charge in [-0.05, 0) is 93.0 Å². The number of benzene rings is 8. The van der Waals surface area contributed by atoms with Gasteiger partial charge in [-0.2, -0.15) is 0 Å². The summed E-state index contributed by atoms with van der Waals surface area (Å²) in [7, 11) is -1.69. The van der Waals surface area contributed by atoms with Gasteiger partial charge in [-0.3, -0.25) is 11.8 Å². The molecule has 63 heavy (non-hydrogen) atoms. The zero-order valence-corrected chi connectivity index (χ0v) is 41.6. The Morgan fingerprint density at radius 1 is 0.365 bits per heavy atom. The minimum Gasteiger partial charge on any atom is -0.366 e. The molecule has 2 aliphatic carbocycles. The van der Waals surface area contributed by atoms with Crippen LogP contribution in [0, 0.1) is 24.7 Å². The Labute approximate surface area is 409 Å². The van der Waals surface area contributed by atoms with Gasteiger partial charge in [0.25, 0.3) is 0 Å². The Bertz CT molecular complexity index is 2580. The molecule has 0 heterocycles. The molecule has 316 valence electrons. The molecule has 0 amide bonds. The van der Waals surface area contributed by atoms with Crippen LogP contribution in [-0.2, 0) is 55.6 Å². The third-order valence-corrected chi connectivity index (χ3v) is 19.2. The fraction of sp³-hybridized carbons (Fsp3) is 0.119. The van der Waals surface area contributed by atoms with E-state index in [-0.39, 0.29) is 55.6 Å². The van der Waals surface area contributed by atoms with Gasteiger partial charge in [0, 0.05) is 10.8 Å². The number of fused-ring (bicyclic) bond motifs is 6. The minimum absolute atomic E-state index is 0. The summed E-state index contributed by atoms with van der Waals surface area (Å²) in [6.07, 6.45) is 14.5. The van der Waals surface area contributed by atoms with Gasteiger partial charge in [-0.15, -0.1) is 35.4 Å². The van der Waals surface area contributed by atoms with Crippen LogP contribution in [0.15, 0.2) is 206 Å². The molecular weight excluding hydrogens is 1080 g/mol. The van der Waals surface area contributed by atoms with Gasteiger partial charge in [0.2, 0.25) is 0 Å². The smallest absolute Gasteiger partial charge is 0.366 e.